The number of ether oxygens (including phenoxy) is 1. The number of alkyl halides is 3. The van der Waals surface area contributed by atoms with Gasteiger partial charge in [-0.05, 0) is 31.9 Å². The minimum Gasteiger partial charge on any atom is -0.396 e. The van der Waals surface area contributed by atoms with Gasteiger partial charge in [0.05, 0.1) is 28.1 Å². The van der Waals surface area contributed by atoms with Gasteiger partial charge in [0.25, 0.3) is 0 Å². The highest BCUT2D eigenvalue weighted by atomic mass is 32.1. The number of rotatable bonds is 9. The highest BCUT2D eigenvalue weighted by molar-refractivity contribution is 7.21. The zero-order valence-electron chi connectivity index (χ0n) is 18.8. The molecule has 0 spiro atoms. The van der Waals surface area contributed by atoms with E-state index in [0.717, 1.165) is 10.2 Å². The molecule has 1 aliphatic carbocycles. The molecule has 13 heteroatoms. The highest BCUT2D eigenvalue weighted by Gasteiger charge is 2.47. The number of hydrogen-bond donors (Lipinski definition) is 5. The molecule has 35 heavy (non-hydrogen) atoms. The summed E-state index contributed by atoms with van der Waals surface area (Å²) < 4.78 is 42.3. The van der Waals surface area contributed by atoms with Gasteiger partial charge < -0.3 is 30.7 Å². The maximum Gasteiger partial charge on any atom is 0.411 e. The summed E-state index contributed by atoms with van der Waals surface area (Å²) in [7, 11) is 0. The van der Waals surface area contributed by atoms with E-state index in [-0.39, 0.29) is 37.9 Å². The second kappa shape index (κ2) is 10.2. The number of hydrogen-bond acceptors (Lipinski definition) is 10. The predicted molar refractivity (Wildman–Crippen MR) is 125 cm³/mol. The summed E-state index contributed by atoms with van der Waals surface area (Å²) >= 11 is 1.41. The molecular formula is C22H26F3N5O4S. The number of nitrogens with zero attached hydrogens (tertiary/aromatic N) is 3. The third-order valence-corrected chi connectivity index (χ3v) is 6.85. The van der Waals surface area contributed by atoms with Crippen LogP contribution in [0.4, 0.5) is 24.9 Å². The van der Waals surface area contributed by atoms with Crippen LogP contribution in [0.3, 0.4) is 0 Å². The molecule has 190 valence electrons. The van der Waals surface area contributed by atoms with Crippen molar-refractivity contribution in [3.05, 3.63) is 30.0 Å². The van der Waals surface area contributed by atoms with Crippen molar-refractivity contribution in [1.82, 2.24) is 15.0 Å². The van der Waals surface area contributed by atoms with Crippen LogP contribution in [0.25, 0.3) is 20.8 Å². The molecule has 1 fully saturated rings. The van der Waals surface area contributed by atoms with Crippen LogP contribution >= 0.6 is 11.3 Å². The first-order valence-electron chi connectivity index (χ1n) is 11.0. The second-order valence-corrected chi connectivity index (χ2v) is 9.44. The van der Waals surface area contributed by atoms with Crippen molar-refractivity contribution in [2.45, 2.75) is 37.8 Å². The number of para-hydroxylation sites is 1. The number of aliphatic hydroxyl groups excluding tert-OH is 2. The topological polar surface area (TPSA) is 133 Å². The molecule has 3 aromatic rings. The maximum absolute atomic E-state index is 12.3. The van der Waals surface area contributed by atoms with Gasteiger partial charge >= 0.3 is 6.18 Å². The van der Waals surface area contributed by atoms with E-state index >= 15 is 0 Å². The smallest absolute Gasteiger partial charge is 0.396 e. The summed E-state index contributed by atoms with van der Waals surface area (Å²) in [5, 5.41) is 37.6. The Balaban J connectivity index is 1.63. The first kappa shape index (κ1) is 25.5. The Kier molecular flexibility index (Phi) is 7.43. The van der Waals surface area contributed by atoms with Gasteiger partial charge in [0.2, 0.25) is 5.95 Å². The molecule has 1 saturated carbocycles. The number of aliphatic hydroxyl groups is 3. The van der Waals surface area contributed by atoms with Crippen molar-refractivity contribution in [1.29, 1.82) is 0 Å². The van der Waals surface area contributed by atoms with E-state index < -0.39 is 30.5 Å². The normalized spacial score (nSPS) is 22.6. The van der Waals surface area contributed by atoms with Gasteiger partial charge in [-0.2, -0.15) is 18.2 Å². The van der Waals surface area contributed by atoms with Crippen molar-refractivity contribution < 1.29 is 33.2 Å². The molecule has 0 radical (unpaired) electrons. The molecule has 0 aliphatic heterocycles. The molecule has 2 heterocycles. The van der Waals surface area contributed by atoms with Crippen LogP contribution in [0.1, 0.15) is 18.5 Å². The molecule has 0 saturated heterocycles. The van der Waals surface area contributed by atoms with E-state index in [1.54, 1.807) is 6.92 Å². The molecule has 0 bridgehead atoms. The Morgan fingerprint density at radius 3 is 2.69 bits per heavy atom. The maximum atomic E-state index is 12.3. The molecule has 3 atom stereocenters. The fourth-order valence-corrected chi connectivity index (χ4v) is 5.10. The molecule has 5 N–H and O–H groups in total. The first-order chi connectivity index (χ1) is 16.6. The van der Waals surface area contributed by atoms with Crippen LogP contribution in [0.2, 0.25) is 0 Å². The highest BCUT2D eigenvalue weighted by Crippen LogP contribution is 2.40. The predicted octanol–water partition coefficient (Wildman–Crippen LogP) is 2.92. The van der Waals surface area contributed by atoms with Gasteiger partial charge in [0.1, 0.15) is 23.5 Å². The number of nitrogens with one attached hydrogen (secondary N) is 2. The van der Waals surface area contributed by atoms with Gasteiger partial charge in [-0.25, -0.2) is 9.97 Å². The lowest BCUT2D eigenvalue weighted by molar-refractivity contribution is -0.172. The number of fused-ring (bicyclic) bond motifs is 1. The Morgan fingerprint density at radius 2 is 2.00 bits per heavy atom. The SMILES string of the molecule is Cc1nc(NCCOCC(F)(F)F)nc(NC2(O)CCC(CO)C2O)c1-c1nc2ccccc2s1. The minimum atomic E-state index is -4.41. The molecule has 3 unspecified atom stereocenters. The fourth-order valence-electron chi connectivity index (χ4n) is 4.03. The van der Waals surface area contributed by atoms with Crippen LogP contribution in [0.5, 0.6) is 0 Å². The van der Waals surface area contributed by atoms with E-state index in [0.29, 0.717) is 22.7 Å². The van der Waals surface area contributed by atoms with Crippen molar-refractivity contribution >= 4 is 33.3 Å². The Labute approximate surface area is 203 Å². The van der Waals surface area contributed by atoms with E-state index in [4.69, 9.17) is 0 Å². The minimum absolute atomic E-state index is 0.0227. The van der Waals surface area contributed by atoms with Crippen molar-refractivity contribution in [3.8, 4) is 10.6 Å². The lowest BCUT2D eigenvalue weighted by atomic mass is 10.0. The van der Waals surface area contributed by atoms with Gasteiger partial charge in [0, 0.05) is 19.1 Å². The Morgan fingerprint density at radius 1 is 1.23 bits per heavy atom. The summed E-state index contributed by atoms with van der Waals surface area (Å²) in [5.41, 5.74) is 0.0715. The number of halogens is 3. The van der Waals surface area contributed by atoms with Crippen LogP contribution in [-0.4, -0.2) is 74.6 Å². The third kappa shape index (κ3) is 5.81. The van der Waals surface area contributed by atoms with E-state index in [2.05, 4.69) is 30.3 Å². The van der Waals surface area contributed by atoms with Crippen LogP contribution < -0.4 is 10.6 Å². The van der Waals surface area contributed by atoms with Gasteiger partial charge in [0.15, 0.2) is 5.72 Å². The summed E-state index contributed by atoms with van der Waals surface area (Å²) in [6, 6.07) is 7.56. The molecule has 1 aromatic carbocycles. The summed E-state index contributed by atoms with van der Waals surface area (Å²) in [5.74, 6) is -0.180. The van der Waals surface area contributed by atoms with Crippen LogP contribution in [-0.2, 0) is 4.74 Å². The largest absolute Gasteiger partial charge is 0.411 e. The molecule has 0 amide bonds. The molecule has 2 aromatic heterocycles. The number of aryl methyl sites for hydroxylation is 1. The van der Waals surface area contributed by atoms with Crippen LogP contribution in [0, 0.1) is 12.8 Å². The average molecular weight is 514 g/mol. The number of aromatic nitrogens is 3. The number of anilines is 2. The lowest BCUT2D eigenvalue weighted by Crippen LogP contribution is -2.48. The van der Waals surface area contributed by atoms with E-state index in [1.165, 1.54) is 11.3 Å². The lowest BCUT2D eigenvalue weighted by Gasteiger charge is -2.31. The molecule has 4 rings (SSSR count). The van der Waals surface area contributed by atoms with Crippen LogP contribution in [0.15, 0.2) is 24.3 Å². The zero-order valence-corrected chi connectivity index (χ0v) is 19.7. The van der Waals surface area contributed by atoms with Gasteiger partial charge in [-0.1, -0.05) is 12.1 Å². The number of thiazole rings is 1. The molecular weight excluding hydrogens is 487 g/mol. The Hall–Kier alpha value is -2.58. The third-order valence-electron chi connectivity index (χ3n) is 5.79. The van der Waals surface area contributed by atoms with Gasteiger partial charge in [-0.15, -0.1) is 11.3 Å². The zero-order chi connectivity index (χ0) is 25.2. The summed E-state index contributed by atoms with van der Waals surface area (Å²) in [6.07, 6.45) is -5.06. The van der Waals surface area contributed by atoms with Gasteiger partial charge in [-0.3, -0.25) is 0 Å². The fraction of sp³-hybridized carbons (Fsp3) is 0.500. The standard InChI is InChI=1S/C22H26F3N5O4S/c1-12-16(19-28-14-4-2-3-5-15(14)35-19)18(30-21(33)7-6-13(10-31)17(21)32)29-20(27-12)26-8-9-34-11-22(23,24)25/h2-5,13,17,31-33H,6-11H2,1H3,(H2,26,27,29,30). The summed E-state index contributed by atoms with van der Waals surface area (Å²) in [4.78, 5) is 13.5. The van der Waals surface area contributed by atoms with E-state index in [9.17, 15) is 28.5 Å². The number of benzene rings is 1. The monoisotopic (exact) mass is 513 g/mol. The van der Waals surface area contributed by atoms with Crippen molar-refractivity contribution in [2.24, 2.45) is 5.92 Å². The average Bonchev–Trinajstić information content (AvgIpc) is 3.33. The molecule has 9 nitrogen and oxygen atoms in total. The Bertz CT molecular complexity index is 1140. The summed E-state index contributed by atoms with van der Waals surface area (Å²) in [6.45, 7) is -0.0937. The quantitative estimate of drug-likeness (QED) is 0.216. The first-order valence-corrected chi connectivity index (χ1v) is 11.8. The van der Waals surface area contributed by atoms with Crippen molar-refractivity contribution in [2.75, 3.05) is 37.0 Å². The second-order valence-electron chi connectivity index (χ2n) is 8.41. The molecule has 1 aliphatic rings. The van der Waals surface area contributed by atoms with Crippen molar-refractivity contribution in [3.63, 3.8) is 0 Å². The van der Waals surface area contributed by atoms with E-state index in [1.807, 2.05) is 24.3 Å².